The van der Waals surface area contributed by atoms with Gasteiger partial charge in [-0.05, 0) is 24.8 Å². The second kappa shape index (κ2) is 13.2. The maximum absolute atomic E-state index is 12.0. The number of rotatable bonds is 9. The van der Waals surface area contributed by atoms with Crippen molar-refractivity contribution in [1.29, 1.82) is 0 Å². The Bertz CT molecular complexity index is 631. The first-order valence-corrected chi connectivity index (χ1v) is 8.17. The van der Waals surface area contributed by atoms with Crippen LogP contribution in [0.3, 0.4) is 0 Å². The maximum Gasteiger partial charge on any atom is 0.326 e. The highest BCUT2D eigenvalue weighted by Crippen LogP contribution is 2.04. The number of nitrogens with zero attached hydrogens (tertiary/aromatic N) is 1. The maximum atomic E-state index is 12.0. The van der Waals surface area contributed by atoms with Crippen molar-refractivity contribution in [3.63, 3.8) is 0 Å². The van der Waals surface area contributed by atoms with E-state index in [2.05, 4.69) is 10.3 Å². The van der Waals surface area contributed by atoms with Gasteiger partial charge in [-0.15, -0.1) is 0 Å². The van der Waals surface area contributed by atoms with Crippen LogP contribution in [-0.2, 0) is 20.8 Å². The molecule has 1 rings (SSSR count). The Labute approximate surface area is 156 Å². The van der Waals surface area contributed by atoms with Gasteiger partial charge in [0.25, 0.3) is 6.04 Å². The molecule has 0 saturated heterocycles. The number of aliphatic imine (C=N–C) groups is 1. The van der Waals surface area contributed by atoms with E-state index in [4.69, 9.17) is 27.1 Å². The summed E-state index contributed by atoms with van der Waals surface area (Å²) in [6.07, 6.45) is 0.992. The van der Waals surface area contributed by atoms with Gasteiger partial charge in [-0.2, -0.15) is 4.39 Å². The van der Waals surface area contributed by atoms with Gasteiger partial charge in [-0.1, -0.05) is 30.3 Å². The van der Waals surface area contributed by atoms with Crippen LogP contribution in [0, 0.1) is 0 Å². The molecule has 150 valence electrons. The van der Waals surface area contributed by atoms with Gasteiger partial charge in [0.1, 0.15) is 6.04 Å². The molecule has 1 aromatic carbocycles. The van der Waals surface area contributed by atoms with E-state index < -0.39 is 30.0 Å². The van der Waals surface area contributed by atoms with Crippen LogP contribution >= 0.6 is 0 Å². The molecule has 27 heavy (non-hydrogen) atoms. The Kier molecular flexibility index (Phi) is 11.8. The first-order valence-electron chi connectivity index (χ1n) is 8.17. The lowest BCUT2D eigenvalue weighted by Crippen LogP contribution is -2.49. The van der Waals surface area contributed by atoms with Crippen LogP contribution in [0.25, 0.3) is 0 Å². The number of hydrogen-bond donors (Lipinski definition) is 5. The average Bonchev–Trinajstić information content (AvgIpc) is 2.57. The first kappa shape index (κ1) is 24.0. The summed E-state index contributed by atoms with van der Waals surface area (Å²) in [7, 11) is 0. The predicted molar refractivity (Wildman–Crippen MR) is 99.4 cm³/mol. The zero-order valence-electron chi connectivity index (χ0n) is 15.1. The number of carbonyl (C=O) groups excluding carboxylic acids is 2. The fourth-order valence-electron chi connectivity index (χ4n) is 2.00. The van der Waals surface area contributed by atoms with Crippen LogP contribution in [0.1, 0.15) is 25.3 Å². The lowest BCUT2D eigenvalue weighted by molar-refractivity contribution is -0.142. The van der Waals surface area contributed by atoms with Crippen molar-refractivity contribution in [3.8, 4) is 0 Å². The minimum atomic E-state index is -1.33. The van der Waals surface area contributed by atoms with Gasteiger partial charge >= 0.3 is 5.97 Å². The zero-order valence-corrected chi connectivity index (χ0v) is 15.1. The number of hydrogen-bond acceptors (Lipinski definition) is 5. The molecule has 0 saturated carbocycles. The molecule has 0 fully saturated rings. The van der Waals surface area contributed by atoms with E-state index in [1.54, 1.807) is 0 Å². The van der Waals surface area contributed by atoms with Crippen LogP contribution in [0.5, 0.6) is 0 Å². The summed E-state index contributed by atoms with van der Waals surface area (Å²) in [4.78, 5) is 35.8. The number of nitrogens with two attached hydrogens (primary N) is 3. The van der Waals surface area contributed by atoms with Gasteiger partial charge in [0.15, 0.2) is 5.96 Å². The summed E-state index contributed by atoms with van der Waals surface area (Å²) in [5.41, 5.74) is 17.1. The molecule has 1 aromatic rings. The van der Waals surface area contributed by atoms with Crippen molar-refractivity contribution in [3.05, 3.63) is 35.9 Å². The average molecular weight is 383 g/mol. The van der Waals surface area contributed by atoms with Gasteiger partial charge in [-0.3, -0.25) is 14.6 Å². The number of aliphatic carboxylic acids is 1. The fourth-order valence-corrected chi connectivity index (χ4v) is 2.00. The van der Waals surface area contributed by atoms with Gasteiger partial charge in [0, 0.05) is 13.5 Å². The summed E-state index contributed by atoms with van der Waals surface area (Å²) >= 11 is 0. The van der Waals surface area contributed by atoms with Crippen molar-refractivity contribution in [2.45, 2.75) is 38.3 Å². The highest BCUT2D eigenvalue weighted by atomic mass is 19.1. The molecule has 1 amide bonds. The Morgan fingerprint density at radius 3 is 2.26 bits per heavy atom. The number of carboxylic acid groups (broad SMARTS) is 1. The monoisotopic (exact) mass is 383 g/mol. The summed E-state index contributed by atoms with van der Waals surface area (Å²) in [5.74, 6) is -1.66. The fraction of sp³-hybridized carbons (Fsp3) is 0.412. The molecule has 2 atom stereocenters. The molecule has 0 aliphatic carbocycles. The van der Waals surface area contributed by atoms with Crippen LogP contribution in [0.4, 0.5) is 4.39 Å². The Morgan fingerprint density at radius 1 is 1.22 bits per heavy atom. The number of carbonyl (C=O) groups is 3. The van der Waals surface area contributed by atoms with E-state index in [9.17, 15) is 14.0 Å². The smallest absolute Gasteiger partial charge is 0.326 e. The number of guanidine groups is 1. The third-order valence-corrected chi connectivity index (χ3v) is 3.20. The Hall–Kier alpha value is -3.01. The molecule has 0 aromatic heterocycles. The number of amides is 1. The van der Waals surface area contributed by atoms with Gasteiger partial charge in [0.2, 0.25) is 5.91 Å². The minimum Gasteiger partial charge on any atom is -0.480 e. The lowest BCUT2D eigenvalue weighted by atomic mass is 10.1. The van der Waals surface area contributed by atoms with E-state index in [0.29, 0.717) is 19.4 Å². The largest absolute Gasteiger partial charge is 0.480 e. The topological polar surface area (TPSA) is 174 Å². The van der Waals surface area contributed by atoms with Crippen LogP contribution in [0.2, 0.25) is 0 Å². The van der Waals surface area contributed by atoms with Crippen molar-refractivity contribution < 1.29 is 23.9 Å². The third-order valence-electron chi connectivity index (χ3n) is 3.20. The molecular formula is C17H26FN5O4. The summed E-state index contributed by atoms with van der Waals surface area (Å²) in [5, 5.41) is 11.6. The SMILES string of the molecule is CC(=O)F.NC(N)=NCCC[C@H](NC(=O)[C@@H](N)Cc1ccccc1)C(=O)O. The normalized spacial score (nSPS) is 12.0. The second-order valence-corrected chi connectivity index (χ2v) is 5.61. The number of benzene rings is 1. The van der Waals surface area contributed by atoms with Crippen molar-refractivity contribution in [2.24, 2.45) is 22.2 Å². The number of halogens is 1. The molecule has 9 nitrogen and oxygen atoms in total. The van der Waals surface area contributed by atoms with Crippen LogP contribution < -0.4 is 22.5 Å². The number of nitrogens with one attached hydrogen (secondary N) is 1. The molecule has 0 heterocycles. The molecule has 0 aliphatic rings. The second-order valence-electron chi connectivity index (χ2n) is 5.61. The highest BCUT2D eigenvalue weighted by Gasteiger charge is 2.23. The standard InChI is InChI=1S/C15H23N5O3.C2H3FO/c16-11(9-10-5-2-1-3-6-10)13(21)20-12(14(22)23)7-4-8-19-15(17)18;1-2(3)4/h1-3,5-6,11-12H,4,7-9,16H2,(H,20,21)(H,22,23)(H4,17,18,19);1H3/t11-,12-;/m0./s1. The van der Waals surface area contributed by atoms with Crippen LogP contribution in [0.15, 0.2) is 35.3 Å². The summed E-state index contributed by atoms with van der Waals surface area (Å²) in [6.45, 7) is 1.16. The van der Waals surface area contributed by atoms with Crippen molar-refractivity contribution in [2.75, 3.05) is 6.54 Å². The molecule has 8 N–H and O–H groups in total. The first-order chi connectivity index (χ1) is 12.6. The highest BCUT2D eigenvalue weighted by molar-refractivity contribution is 5.87. The van der Waals surface area contributed by atoms with Crippen molar-refractivity contribution in [1.82, 2.24) is 5.32 Å². The van der Waals surface area contributed by atoms with E-state index >= 15 is 0 Å². The quantitative estimate of drug-likeness (QED) is 0.168. The minimum absolute atomic E-state index is 0.0502. The van der Waals surface area contributed by atoms with Gasteiger partial charge in [-0.25, -0.2) is 4.79 Å². The third kappa shape index (κ3) is 12.9. The van der Waals surface area contributed by atoms with Gasteiger partial charge < -0.3 is 27.6 Å². The Balaban J connectivity index is 0.00000153. The predicted octanol–water partition coefficient (Wildman–Crippen LogP) is -0.318. The molecule has 10 heteroatoms. The molecule has 0 spiro atoms. The summed E-state index contributed by atoms with van der Waals surface area (Å²) < 4.78 is 10.4. The van der Waals surface area contributed by atoms with E-state index in [-0.39, 0.29) is 12.4 Å². The summed E-state index contributed by atoms with van der Waals surface area (Å²) in [6, 6.07) is 6.13. The zero-order chi connectivity index (χ0) is 20.8. The lowest BCUT2D eigenvalue weighted by Gasteiger charge is -2.17. The Morgan fingerprint density at radius 2 is 1.78 bits per heavy atom. The van der Waals surface area contributed by atoms with Crippen molar-refractivity contribution >= 4 is 23.9 Å². The van der Waals surface area contributed by atoms with E-state index in [1.165, 1.54) is 0 Å². The molecular weight excluding hydrogens is 357 g/mol. The van der Waals surface area contributed by atoms with E-state index in [1.807, 2.05) is 30.3 Å². The molecule has 0 bridgehead atoms. The molecule has 0 aliphatic heterocycles. The molecule has 0 radical (unpaired) electrons. The number of carboxylic acids is 1. The molecule has 0 unspecified atom stereocenters. The van der Waals surface area contributed by atoms with Crippen LogP contribution in [-0.4, -0.2) is 47.6 Å². The van der Waals surface area contributed by atoms with E-state index in [0.717, 1.165) is 12.5 Å². The van der Waals surface area contributed by atoms with Gasteiger partial charge in [0.05, 0.1) is 6.04 Å².